The van der Waals surface area contributed by atoms with E-state index in [-0.39, 0.29) is 11.0 Å². The molecule has 0 amide bonds. The molecule has 96 valence electrons. The summed E-state index contributed by atoms with van der Waals surface area (Å²) in [6, 6.07) is 10.9. The highest BCUT2D eigenvalue weighted by Crippen LogP contribution is 2.39. The van der Waals surface area contributed by atoms with Gasteiger partial charge in [-0.2, -0.15) is 5.26 Å². The third kappa shape index (κ3) is 2.91. The van der Waals surface area contributed by atoms with Crippen LogP contribution < -0.4 is 0 Å². The first-order valence-corrected chi connectivity index (χ1v) is 6.56. The van der Waals surface area contributed by atoms with Gasteiger partial charge in [0.05, 0.1) is 17.1 Å². The predicted molar refractivity (Wildman–Crippen MR) is 72.2 cm³/mol. The second kappa shape index (κ2) is 4.74. The van der Waals surface area contributed by atoms with Crippen LogP contribution in [0, 0.1) is 16.7 Å². The molecule has 2 nitrogen and oxygen atoms in total. The highest BCUT2D eigenvalue weighted by molar-refractivity contribution is 5.36. The Morgan fingerprint density at radius 2 is 1.78 bits per heavy atom. The Hall–Kier alpha value is -1.33. The van der Waals surface area contributed by atoms with Crippen LogP contribution >= 0.6 is 0 Å². The summed E-state index contributed by atoms with van der Waals surface area (Å²) >= 11 is 0. The molecule has 0 aromatic heterocycles. The first-order valence-electron chi connectivity index (χ1n) is 6.56. The third-order valence-electron chi connectivity index (χ3n) is 3.53. The van der Waals surface area contributed by atoms with Crippen molar-refractivity contribution >= 4 is 0 Å². The van der Waals surface area contributed by atoms with Crippen molar-refractivity contribution in [1.82, 2.24) is 0 Å². The highest BCUT2D eigenvalue weighted by atomic mass is 16.5. The summed E-state index contributed by atoms with van der Waals surface area (Å²) in [4.78, 5) is 0. The monoisotopic (exact) mass is 243 g/mol. The molecule has 1 aromatic rings. The molecule has 0 saturated carbocycles. The van der Waals surface area contributed by atoms with E-state index in [1.54, 1.807) is 0 Å². The van der Waals surface area contributed by atoms with Crippen molar-refractivity contribution in [2.45, 2.75) is 45.6 Å². The Bertz CT molecular complexity index is 440. The van der Waals surface area contributed by atoms with Crippen LogP contribution in [0.2, 0.25) is 0 Å². The minimum atomic E-state index is -0.255. The summed E-state index contributed by atoms with van der Waals surface area (Å²) < 4.78 is 5.77. The van der Waals surface area contributed by atoms with Crippen molar-refractivity contribution in [1.29, 1.82) is 5.26 Å². The maximum absolute atomic E-state index is 9.51. The van der Waals surface area contributed by atoms with Gasteiger partial charge in [0.2, 0.25) is 0 Å². The number of nitrogens with zero attached hydrogens (tertiary/aromatic N) is 1. The van der Waals surface area contributed by atoms with Crippen LogP contribution in [-0.2, 0) is 17.6 Å². The summed E-state index contributed by atoms with van der Waals surface area (Å²) in [6.45, 7) is 6.81. The molecular weight excluding hydrogens is 222 g/mol. The maximum Gasteiger partial charge on any atom is 0.0697 e. The number of rotatable bonds is 3. The summed E-state index contributed by atoms with van der Waals surface area (Å²) in [5.74, 6) is 0. The van der Waals surface area contributed by atoms with E-state index in [0.717, 1.165) is 19.3 Å². The smallest absolute Gasteiger partial charge is 0.0697 e. The van der Waals surface area contributed by atoms with Gasteiger partial charge in [-0.1, -0.05) is 24.3 Å². The lowest BCUT2D eigenvalue weighted by atomic mass is 9.83. The van der Waals surface area contributed by atoms with Crippen LogP contribution in [-0.4, -0.2) is 12.2 Å². The number of fused-ring (bicyclic) bond motifs is 1. The third-order valence-corrected chi connectivity index (χ3v) is 3.53. The topological polar surface area (TPSA) is 33.0 Å². The van der Waals surface area contributed by atoms with Gasteiger partial charge in [-0.25, -0.2) is 0 Å². The van der Waals surface area contributed by atoms with Crippen molar-refractivity contribution in [2.24, 2.45) is 5.41 Å². The molecule has 0 fully saturated rings. The molecule has 1 aliphatic rings. The minimum Gasteiger partial charge on any atom is -0.376 e. The molecule has 0 aliphatic heterocycles. The van der Waals surface area contributed by atoms with E-state index in [2.05, 4.69) is 51.1 Å². The van der Waals surface area contributed by atoms with Crippen molar-refractivity contribution in [2.75, 3.05) is 6.61 Å². The summed E-state index contributed by atoms with van der Waals surface area (Å²) in [5, 5.41) is 9.51. The van der Waals surface area contributed by atoms with Crippen molar-refractivity contribution < 1.29 is 4.74 Å². The first-order chi connectivity index (χ1) is 8.44. The fourth-order valence-electron chi connectivity index (χ4n) is 2.56. The van der Waals surface area contributed by atoms with Crippen molar-refractivity contribution in [3.05, 3.63) is 35.4 Å². The second-order valence-electron chi connectivity index (χ2n) is 6.23. The Labute approximate surface area is 110 Å². The lowest BCUT2D eigenvalue weighted by molar-refractivity contribution is -0.0131. The Balaban J connectivity index is 2.01. The average molecular weight is 243 g/mol. The molecule has 1 aliphatic carbocycles. The number of hydrogen-bond donors (Lipinski definition) is 0. The molecule has 0 spiro atoms. The molecular formula is C16H21NO. The second-order valence-corrected chi connectivity index (χ2v) is 6.23. The minimum absolute atomic E-state index is 0.123. The van der Waals surface area contributed by atoms with Gasteiger partial charge in [-0.15, -0.1) is 0 Å². The molecule has 0 bridgehead atoms. The van der Waals surface area contributed by atoms with Crippen LogP contribution in [0.1, 0.15) is 38.3 Å². The zero-order chi connectivity index (χ0) is 13.2. The molecule has 0 atom stereocenters. The van der Waals surface area contributed by atoms with E-state index in [9.17, 15) is 5.26 Å². The predicted octanol–water partition coefficient (Wildman–Crippen LogP) is 3.50. The first kappa shape index (κ1) is 13.1. The molecule has 18 heavy (non-hydrogen) atoms. The Kier molecular flexibility index (Phi) is 3.45. The number of ether oxygens (including phenoxy) is 1. The standard InChI is InChI=1S/C16H21NO/c1-15(2,3)18-9-8-16(12-17)10-13-6-4-5-7-14(13)11-16/h4-7H,8-11H2,1-3H3. The molecule has 0 radical (unpaired) electrons. The summed E-state index contributed by atoms with van der Waals surface area (Å²) in [6.07, 6.45) is 2.55. The summed E-state index contributed by atoms with van der Waals surface area (Å²) in [5.41, 5.74) is 2.28. The zero-order valence-electron chi connectivity index (χ0n) is 11.5. The SMILES string of the molecule is CC(C)(C)OCCC1(C#N)Cc2ccccc2C1. The fraction of sp³-hybridized carbons (Fsp3) is 0.562. The zero-order valence-corrected chi connectivity index (χ0v) is 11.5. The maximum atomic E-state index is 9.51. The highest BCUT2D eigenvalue weighted by Gasteiger charge is 2.37. The van der Waals surface area contributed by atoms with Gasteiger partial charge in [0.25, 0.3) is 0 Å². The van der Waals surface area contributed by atoms with E-state index in [1.165, 1.54) is 11.1 Å². The molecule has 0 heterocycles. The van der Waals surface area contributed by atoms with Crippen molar-refractivity contribution in [3.8, 4) is 6.07 Å². The van der Waals surface area contributed by atoms with E-state index < -0.39 is 0 Å². The van der Waals surface area contributed by atoms with Crippen LogP contribution in [0.5, 0.6) is 0 Å². The van der Waals surface area contributed by atoms with E-state index >= 15 is 0 Å². The van der Waals surface area contributed by atoms with E-state index in [1.807, 2.05) is 0 Å². The number of benzene rings is 1. The van der Waals surface area contributed by atoms with Crippen LogP contribution in [0.25, 0.3) is 0 Å². The van der Waals surface area contributed by atoms with Crippen LogP contribution in [0.3, 0.4) is 0 Å². The van der Waals surface area contributed by atoms with E-state index in [4.69, 9.17) is 4.74 Å². The average Bonchev–Trinajstić information content (AvgIpc) is 2.66. The van der Waals surface area contributed by atoms with Crippen LogP contribution in [0.4, 0.5) is 0 Å². The van der Waals surface area contributed by atoms with Gasteiger partial charge >= 0.3 is 0 Å². The molecule has 0 unspecified atom stereocenters. The van der Waals surface area contributed by atoms with Crippen molar-refractivity contribution in [3.63, 3.8) is 0 Å². The summed E-state index contributed by atoms with van der Waals surface area (Å²) in [7, 11) is 0. The van der Waals surface area contributed by atoms with Gasteiger partial charge in [0, 0.05) is 6.61 Å². The van der Waals surface area contributed by atoms with Gasteiger partial charge in [0.15, 0.2) is 0 Å². The molecule has 0 saturated heterocycles. The van der Waals surface area contributed by atoms with Gasteiger partial charge < -0.3 is 4.74 Å². The quantitative estimate of drug-likeness (QED) is 0.814. The normalized spacial score (nSPS) is 17.2. The number of nitriles is 1. The number of hydrogen-bond acceptors (Lipinski definition) is 2. The fourth-order valence-corrected chi connectivity index (χ4v) is 2.56. The molecule has 2 rings (SSSR count). The Morgan fingerprint density at radius 1 is 1.22 bits per heavy atom. The van der Waals surface area contributed by atoms with E-state index in [0.29, 0.717) is 6.61 Å². The largest absolute Gasteiger partial charge is 0.376 e. The van der Waals surface area contributed by atoms with Gasteiger partial charge in [0.1, 0.15) is 0 Å². The lowest BCUT2D eigenvalue weighted by Gasteiger charge is -2.24. The molecule has 0 N–H and O–H groups in total. The van der Waals surface area contributed by atoms with Gasteiger partial charge in [-0.05, 0) is 51.2 Å². The van der Waals surface area contributed by atoms with Gasteiger partial charge in [-0.3, -0.25) is 0 Å². The molecule has 2 heteroatoms. The molecule has 1 aromatic carbocycles. The van der Waals surface area contributed by atoms with Crippen LogP contribution in [0.15, 0.2) is 24.3 Å². The lowest BCUT2D eigenvalue weighted by Crippen LogP contribution is -2.26. The Morgan fingerprint density at radius 3 is 2.22 bits per heavy atom.